The maximum absolute atomic E-state index is 13.0. The van der Waals surface area contributed by atoms with E-state index >= 15 is 0 Å². The van der Waals surface area contributed by atoms with Crippen molar-refractivity contribution in [2.45, 2.75) is 36.5 Å². The van der Waals surface area contributed by atoms with Crippen LogP contribution in [0.15, 0.2) is 69.0 Å². The molecule has 1 aliphatic rings. The number of hydrogen-bond donors (Lipinski definition) is 0. The summed E-state index contributed by atoms with van der Waals surface area (Å²) in [6.07, 6.45) is 0.462. The molecule has 0 radical (unpaired) electrons. The van der Waals surface area contributed by atoms with Gasteiger partial charge < -0.3 is 9.15 Å². The molecule has 2 aromatic carbocycles. The standard InChI is InChI=1S/C22H18N4O4S/c1-13-11-17(21(28)29-13)31-22-24-23-19(30-22)18-15-9-5-6-10-16(15)20(27)26(25-18)12-14-7-3-2-4-8-14/h2-10,13,17H,11-12H2,1H3. The Kier molecular flexibility index (Phi) is 5.03. The summed E-state index contributed by atoms with van der Waals surface area (Å²) in [5.74, 6) is -0.0860. The molecule has 8 nitrogen and oxygen atoms in total. The highest BCUT2D eigenvalue weighted by molar-refractivity contribution is 8.00. The predicted molar refractivity (Wildman–Crippen MR) is 115 cm³/mol. The highest BCUT2D eigenvalue weighted by Crippen LogP contribution is 2.33. The molecule has 31 heavy (non-hydrogen) atoms. The van der Waals surface area contributed by atoms with E-state index in [1.807, 2.05) is 49.4 Å². The number of carbonyl (C=O) groups is 1. The van der Waals surface area contributed by atoms with Gasteiger partial charge in [-0.25, -0.2) is 4.68 Å². The summed E-state index contributed by atoms with van der Waals surface area (Å²) in [7, 11) is 0. The molecule has 2 unspecified atom stereocenters. The molecule has 0 saturated carbocycles. The van der Waals surface area contributed by atoms with Crippen molar-refractivity contribution in [3.8, 4) is 11.6 Å². The zero-order chi connectivity index (χ0) is 21.4. The molecule has 2 aromatic heterocycles. The van der Waals surface area contributed by atoms with Gasteiger partial charge in [0.05, 0.1) is 11.9 Å². The van der Waals surface area contributed by atoms with Crippen molar-refractivity contribution in [1.82, 2.24) is 20.0 Å². The molecule has 0 spiro atoms. The van der Waals surface area contributed by atoms with Gasteiger partial charge in [0.25, 0.3) is 16.7 Å². The Bertz CT molecular complexity index is 1320. The highest BCUT2D eigenvalue weighted by Gasteiger charge is 2.34. The van der Waals surface area contributed by atoms with Gasteiger partial charge in [0.1, 0.15) is 11.4 Å². The van der Waals surface area contributed by atoms with E-state index in [0.29, 0.717) is 29.4 Å². The lowest BCUT2D eigenvalue weighted by Crippen LogP contribution is -2.24. The van der Waals surface area contributed by atoms with E-state index in [2.05, 4.69) is 15.3 Å². The van der Waals surface area contributed by atoms with Gasteiger partial charge >= 0.3 is 5.97 Å². The first-order valence-electron chi connectivity index (χ1n) is 9.83. The number of esters is 1. The molecule has 0 bridgehead atoms. The van der Waals surface area contributed by atoms with Crippen molar-refractivity contribution in [1.29, 1.82) is 0 Å². The van der Waals surface area contributed by atoms with E-state index < -0.39 is 0 Å². The largest absolute Gasteiger partial charge is 0.462 e. The topological polar surface area (TPSA) is 100 Å². The lowest BCUT2D eigenvalue weighted by Gasteiger charge is -2.09. The third-order valence-corrected chi connectivity index (χ3v) is 6.06. The second kappa shape index (κ2) is 7.99. The van der Waals surface area contributed by atoms with E-state index in [4.69, 9.17) is 9.15 Å². The zero-order valence-corrected chi connectivity index (χ0v) is 17.4. The van der Waals surface area contributed by atoms with E-state index in [1.165, 1.54) is 16.4 Å². The summed E-state index contributed by atoms with van der Waals surface area (Å²) >= 11 is 1.18. The van der Waals surface area contributed by atoms with Gasteiger partial charge in [0, 0.05) is 11.8 Å². The molecule has 156 valence electrons. The number of cyclic esters (lactones) is 1. The number of benzene rings is 2. The fourth-order valence-corrected chi connectivity index (χ4v) is 4.53. The SMILES string of the molecule is CC1CC(Sc2nnc(-c3nn(Cc4ccccc4)c(=O)c4ccccc34)o2)C(=O)O1. The van der Waals surface area contributed by atoms with E-state index in [-0.39, 0.29) is 34.0 Å². The second-order valence-corrected chi connectivity index (χ2v) is 8.46. The van der Waals surface area contributed by atoms with Gasteiger partial charge in [0.2, 0.25) is 0 Å². The van der Waals surface area contributed by atoms with Crippen LogP contribution in [0.4, 0.5) is 0 Å². The van der Waals surface area contributed by atoms with Gasteiger partial charge in [-0.1, -0.05) is 48.5 Å². The molecule has 4 aromatic rings. The van der Waals surface area contributed by atoms with E-state index in [1.54, 1.807) is 12.1 Å². The molecular formula is C22H18N4O4S. The van der Waals surface area contributed by atoms with Crippen LogP contribution in [-0.2, 0) is 16.1 Å². The van der Waals surface area contributed by atoms with Crippen LogP contribution in [-0.4, -0.2) is 37.3 Å². The van der Waals surface area contributed by atoms with Crippen LogP contribution in [0.5, 0.6) is 0 Å². The Labute approximate surface area is 181 Å². The number of aromatic nitrogens is 4. The van der Waals surface area contributed by atoms with Gasteiger partial charge in [0.15, 0.2) is 5.69 Å². The molecular weight excluding hydrogens is 416 g/mol. The molecule has 0 amide bonds. The van der Waals surface area contributed by atoms with E-state index in [9.17, 15) is 9.59 Å². The van der Waals surface area contributed by atoms with Crippen LogP contribution in [0.1, 0.15) is 18.9 Å². The fraction of sp³-hybridized carbons (Fsp3) is 0.227. The van der Waals surface area contributed by atoms with Crippen molar-refractivity contribution in [2.75, 3.05) is 0 Å². The van der Waals surface area contributed by atoms with Crippen LogP contribution < -0.4 is 5.56 Å². The molecule has 3 heterocycles. The van der Waals surface area contributed by atoms with Crippen molar-refractivity contribution >= 4 is 28.5 Å². The molecule has 1 aliphatic heterocycles. The van der Waals surface area contributed by atoms with Gasteiger partial charge in [-0.3, -0.25) is 9.59 Å². The fourth-order valence-electron chi connectivity index (χ4n) is 3.55. The van der Waals surface area contributed by atoms with Crippen LogP contribution in [0, 0.1) is 0 Å². The summed E-state index contributed by atoms with van der Waals surface area (Å²) in [4.78, 5) is 24.9. The molecule has 0 aliphatic carbocycles. The number of thioether (sulfide) groups is 1. The lowest BCUT2D eigenvalue weighted by atomic mass is 10.1. The minimum absolute atomic E-state index is 0.125. The lowest BCUT2D eigenvalue weighted by molar-refractivity contribution is -0.140. The van der Waals surface area contributed by atoms with Crippen molar-refractivity contribution in [3.05, 3.63) is 70.5 Å². The maximum Gasteiger partial charge on any atom is 0.320 e. The Morgan fingerprint density at radius 3 is 2.52 bits per heavy atom. The van der Waals surface area contributed by atoms with Gasteiger partial charge in [-0.05, 0) is 30.3 Å². The number of ether oxygens (including phenoxy) is 1. The van der Waals surface area contributed by atoms with Crippen LogP contribution in [0.3, 0.4) is 0 Å². The highest BCUT2D eigenvalue weighted by atomic mass is 32.2. The van der Waals surface area contributed by atoms with Crippen LogP contribution in [0.2, 0.25) is 0 Å². The van der Waals surface area contributed by atoms with Crippen molar-refractivity contribution in [2.24, 2.45) is 0 Å². The summed E-state index contributed by atoms with van der Waals surface area (Å²) < 4.78 is 12.4. The summed E-state index contributed by atoms with van der Waals surface area (Å²) in [5, 5.41) is 13.8. The van der Waals surface area contributed by atoms with Gasteiger partial charge in [-0.2, -0.15) is 5.10 Å². The summed E-state index contributed by atoms with van der Waals surface area (Å²) in [6.45, 7) is 2.17. The Hall–Kier alpha value is -3.46. The Balaban J connectivity index is 1.54. The second-order valence-electron chi connectivity index (χ2n) is 7.31. The molecule has 1 fully saturated rings. The number of fused-ring (bicyclic) bond motifs is 1. The molecule has 9 heteroatoms. The van der Waals surface area contributed by atoms with Crippen molar-refractivity contribution in [3.63, 3.8) is 0 Å². The van der Waals surface area contributed by atoms with E-state index in [0.717, 1.165) is 5.56 Å². The average molecular weight is 434 g/mol. The van der Waals surface area contributed by atoms with Crippen LogP contribution >= 0.6 is 11.8 Å². The number of carbonyl (C=O) groups excluding carboxylic acids is 1. The number of rotatable bonds is 5. The normalized spacial score (nSPS) is 18.4. The number of hydrogen-bond acceptors (Lipinski definition) is 8. The summed E-state index contributed by atoms with van der Waals surface area (Å²) in [5.41, 5.74) is 1.18. The minimum Gasteiger partial charge on any atom is -0.462 e. The Morgan fingerprint density at radius 1 is 1.03 bits per heavy atom. The van der Waals surface area contributed by atoms with Gasteiger partial charge in [-0.15, -0.1) is 10.2 Å². The molecule has 0 N–H and O–H groups in total. The average Bonchev–Trinajstić information content (AvgIpc) is 3.37. The Morgan fingerprint density at radius 2 is 1.77 bits per heavy atom. The quantitative estimate of drug-likeness (QED) is 0.441. The molecule has 5 rings (SSSR count). The molecule has 1 saturated heterocycles. The first kappa shape index (κ1) is 19.5. The zero-order valence-electron chi connectivity index (χ0n) is 16.6. The predicted octanol–water partition coefficient (Wildman–Crippen LogP) is 3.29. The third-order valence-electron chi connectivity index (χ3n) is 5.02. The summed E-state index contributed by atoms with van der Waals surface area (Å²) in [6, 6.07) is 16.8. The first-order valence-corrected chi connectivity index (χ1v) is 10.7. The van der Waals surface area contributed by atoms with Crippen LogP contribution in [0.25, 0.3) is 22.4 Å². The smallest absolute Gasteiger partial charge is 0.320 e. The monoisotopic (exact) mass is 434 g/mol. The first-order chi connectivity index (χ1) is 15.1. The molecule has 2 atom stereocenters. The van der Waals surface area contributed by atoms with Crippen molar-refractivity contribution < 1.29 is 13.9 Å². The maximum atomic E-state index is 13.0. The minimum atomic E-state index is -0.375. The third kappa shape index (κ3) is 3.84. The number of nitrogens with zero attached hydrogens (tertiary/aromatic N) is 4.